The summed E-state index contributed by atoms with van der Waals surface area (Å²) in [6, 6.07) is 12.8. The van der Waals surface area contributed by atoms with Crippen LogP contribution in [0.3, 0.4) is 0 Å². The van der Waals surface area contributed by atoms with Crippen LogP contribution in [0.25, 0.3) is 22.3 Å². The summed E-state index contributed by atoms with van der Waals surface area (Å²) in [7, 11) is 3.62. The van der Waals surface area contributed by atoms with Gasteiger partial charge in [0.1, 0.15) is 11.4 Å². The van der Waals surface area contributed by atoms with Crippen LogP contribution >= 0.6 is 0 Å². The molecule has 1 aromatic heterocycles. The van der Waals surface area contributed by atoms with Crippen molar-refractivity contribution in [1.82, 2.24) is 9.97 Å². The lowest BCUT2D eigenvalue weighted by molar-refractivity contribution is 0.0697. The van der Waals surface area contributed by atoms with Crippen LogP contribution in [0.5, 0.6) is 5.75 Å². The third-order valence-corrected chi connectivity index (χ3v) is 4.84. The van der Waals surface area contributed by atoms with Crippen LogP contribution in [0.4, 0.5) is 5.82 Å². The maximum atomic E-state index is 11.3. The largest absolute Gasteiger partial charge is 0.497 e. The van der Waals surface area contributed by atoms with E-state index in [1.165, 1.54) is 0 Å². The van der Waals surface area contributed by atoms with Crippen LogP contribution in [0.1, 0.15) is 30.6 Å². The second kappa shape index (κ2) is 7.61. The first-order valence-corrected chi connectivity index (χ1v) is 8.87. The molecule has 27 heavy (non-hydrogen) atoms. The SMILES string of the molecule is CCC(C)N(C)c1nc2cc(C(=O)O)ccc2nc1-c1ccc(OC)cc1. The summed E-state index contributed by atoms with van der Waals surface area (Å²) in [6.45, 7) is 4.24. The summed E-state index contributed by atoms with van der Waals surface area (Å²) >= 11 is 0. The Balaban J connectivity index is 2.22. The fourth-order valence-corrected chi connectivity index (χ4v) is 2.85. The van der Waals surface area contributed by atoms with Gasteiger partial charge >= 0.3 is 5.97 Å². The Morgan fingerprint density at radius 2 is 1.85 bits per heavy atom. The average Bonchev–Trinajstić information content (AvgIpc) is 2.71. The Hall–Kier alpha value is -3.15. The second-order valence-electron chi connectivity index (χ2n) is 6.50. The highest BCUT2D eigenvalue weighted by Gasteiger charge is 2.19. The Kier molecular flexibility index (Phi) is 5.26. The number of benzene rings is 2. The zero-order valence-electron chi connectivity index (χ0n) is 15.9. The molecule has 0 saturated carbocycles. The van der Waals surface area contributed by atoms with Crippen molar-refractivity contribution in [1.29, 1.82) is 0 Å². The first kappa shape index (κ1) is 18.6. The number of hydrogen-bond donors (Lipinski definition) is 1. The minimum absolute atomic E-state index is 0.200. The van der Waals surface area contributed by atoms with Gasteiger partial charge in [-0.1, -0.05) is 6.92 Å². The molecule has 0 radical (unpaired) electrons. The van der Waals surface area contributed by atoms with Crippen molar-refractivity contribution in [2.24, 2.45) is 0 Å². The van der Waals surface area contributed by atoms with Crippen LogP contribution in [0.2, 0.25) is 0 Å². The van der Waals surface area contributed by atoms with Crippen molar-refractivity contribution in [2.75, 3.05) is 19.1 Å². The first-order chi connectivity index (χ1) is 12.9. The van der Waals surface area contributed by atoms with E-state index < -0.39 is 5.97 Å². The van der Waals surface area contributed by atoms with Crippen molar-refractivity contribution in [3.63, 3.8) is 0 Å². The van der Waals surface area contributed by atoms with Gasteiger partial charge in [0, 0.05) is 18.7 Å². The highest BCUT2D eigenvalue weighted by atomic mass is 16.5. The van der Waals surface area contributed by atoms with Gasteiger partial charge in [-0.3, -0.25) is 0 Å². The molecule has 1 N–H and O–H groups in total. The first-order valence-electron chi connectivity index (χ1n) is 8.87. The van der Waals surface area contributed by atoms with Gasteiger partial charge < -0.3 is 14.7 Å². The van der Waals surface area contributed by atoms with Crippen molar-refractivity contribution < 1.29 is 14.6 Å². The number of hydrogen-bond acceptors (Lipinski definition) is 5. The molecule has 0 aliphatic heterocycles. The third-order valence-electron chi connectivity index (χ3n) is 4.84. The summed E-state index contributed by atoms with van der Waals surface area (Å²) in [6.07, 6.45) is 0.952. The zero-order valence-corrected chi connectivity index (χ0v) is 15.9. The Bertz CT molecular complexity index is 970. The van der Waals surface area contributed by atoms with E-state index in [0.717, 1.165) is 29.2 Å². The molecule has 0 aliphatic rings. The normalized spacial score (nSPS) is 12.0. The molecule has 0 spiro atoms. The van der Waals surface area contributed by atoms with E-state index >= 15 is 0 Å². The molecule has 3 rings (SSSR count). The van der Waals surface area contributed by atoms with Gasteiger partial charge in [-0.05, 0) is 55.8 Å². The van der Waals surface area contributed by atoms with Crippen molar-refractivity contribution in [2.45, 2.75) is 26.3 Å². The molecule has 0 amide bonds. The minimum Gasteiger partial charge on any atom is -0.497 e. The molecule has 0 aliphatic carbocycles. The molecule has 3 aromatic rings. The van der Waals surface area contributed by atoms with Gasteiger partial charge in [0.05, 0.1) is 23.7 Å². The summed E-state index contributed by atoms with van der Waals surface area (Å²) < 4.78 is 5.24. The lowest BCUT2D eigenvalue weighted by Crippen LogP contribution is -2.29. The van der Waals surface area contributed by atoms with E-state index in [4.69, 9.17) is 14.7 Å². The molecular formula is C21H23N3O3. The van der Waals surface area contributed by atoms with Crippen molar-refractivity contribution in [3.8, 4) is 17.0 Å². The number of carbonyl (C=O) groups is 1. The number of methoxy groups -OCH3 is 1. The highest BCUT2D eigenvalue weighted by Crippen LogP contribution is 2.31. The second-order valence-corrected chi connectivity index (χ2v) is 6.50. The number of aromatic nitrogens is 2. The van der Waals surface area contributed by atoms with Gasteiger partial charge in [-0.25, -0.2) is 14.8 Å². The van der Waals surface area contributed by atoms with Gasteiger partial charge in [-0.15, -0.1) is 0 Å². The van der Waals surface area contributed by atoms with E-state index in [-0.39, 0.29) is 11.6 Å². The molecule has 0 saturated heterocycles. The molecule has 0 bridgehead atoms. The van der Waals surface area contributed by atoms with Crippen molar-refractivity contribution >= 4 is 22.8 Å². The highest BCUT2D eigenvalue weighted by molar-refractivity contribution is 5.93. The lowest BCUT2D eigenvalue weighted by atomic mass is 10.1. The minimum atomic E-state index is -0.977. The lowest BCUT2D eigenvalue weighted by Gasteiger charge is -2.27. The summed E-state index contributed by atoms with van der Waals surface area (Å²) in [4.78, 5) is 23.0. The smallest absolute Gasteiger partial charge is 0.335 e. The predicted molar refractivity (Wildman–Crippen MR) is 107 cm³/mol. The standard InChI is InChI=1S/C21H23N3O3/c1-5-13(2)24(3)20-19(14-6-9-16(27-4)10-7-14)22-17-11-8-15(21(25)26)12-18(17)23-20/h6-13H,5H2,1-4H3,(H,25,26). The number of fused-ring (bicyclic) bond motifs is 1. The van der Waals surface area contributed by atoms with Gasteiger partial charge in [-0.2, -0.15) is 0 Å². The van der Waals surface area contributed by atoms with E-state index in [1.807, 2.05) is 31.3 Å². The number of carboxylic acid groups (broad SMARTS) is 1. The van der Waals surface area contributed by atoms with Crippen LogP contribution in [0.15, 0.2) is 42.5 Å². The molecular weight excluding hydrogens is 342 g/mol. The molecule has 1 heterocycles. The zero-order chi connectivity index (χ0) is 19.6. The molecule has 0 fully saturated rings. The molecule has 1 unspecified atom stereocenters. The molecule has 140 valence electrons. The molecule has 6 heteroatoms. The van der Waals surface area contributed by atoms with Crippen molar-refractivity contribution in [3.05, 3.63) is 48.0 Å². The monoisotopic (exact) mass is 365 g/mol. The quantitative estimate of drug-likeness (QED) is 0.704. The predicted octanol–water partition coefficient (Wildman–Crippen LogP) is 4.24. The van der Waals surface area contributed by atoms with Crippen LogP contribution < -0.4 is 9.64 Å². The Labute approximate surface area is 158 Å². The summed E-state index contributed by atoms with van der Waals surface area (Å²) in [5, 5.41) is 9.26. The maximum absolute atomic E-state index is 11.3. The number of anilines is 1. The van der Waals surface area contributed by atoms with Crippen LogP contribution in [-0.4, -0.2) is 41.2 Å². The molecule has 6 nitrogen and oxygen atoms in total. The molecule has 2 aromatic carbocycles. The fourth-order valence-electron chi connectivity index (χ4n) is 2.85. The number of aromatic carboxylic acids is 1. The fraction of sp³-hybridized carbons (Fsp3) is 0.286. The number of ether oxygens (including phenoxy) is 1. The third kappa shape index (κ3) is 3.69. The average molecular weight is 365 g/mol. The Morgan fingerprint density at radius 3 is 2.44 bits per heavy atom. The topological polar surface area (TPSA) is 75.6 Å². The van der Waals surface area contributed by atoms with E-state index in [0.29, 0.717) is 11.0 Å². The summed E-state index contributed by atoms with van der Waals surface area (Å²) in [5.41, 5.74) is 3.12. The van der Waals surface area contributed by atoms with Gasteiger partial charge in [0.25, 0.3) is 0 Å². The summed E-state index contributed by atoms with van der Waals surface area (Å²) in [5.74, 6) is 0.523. The van der Waals surface area contributed by atoms with E-state index in [2.05, 4.69) is 18.7 Å². The van der Waals surface area contributed by atoms with Crippen LogP contribution in [0, 0.1) is 0 Å². The van der Waals surface area contributed by atoms with Crippen LogP contribution in [-0.2, 0) is 0 Å². The number of carboxylic acids is 1. The van der Waals surface area contributed by atoms with E-state index in [9.17, 15) is 9.90 Å². The number of nitrogens with zero attached hydrogens (tertiary/aromatic N) is 3. The van der Waals surface area contributed by atoms with Gasteiger partial charge in [0.15, 0.2) is 5.82 Å². The maximum Gasteiger partial charge on any atom is 0.335 e. The van der Waals surface area contributed by atoms with E-state index in [1.54, 1.807) is 25.3 Å². The van der Waals surface area contributed by atoms with Gasteiger partial charge in [0.2, 0.25) is 0 Å². The Morgan fingerprint density at radius 1 is 1.15 bits per heavy atom. The number of rotatable bonds is 6. The molecule has 1 atom stereocenters.